The molecule has 0 saturated heterocycles. The number of fused-ring (bicyclic) bond motifs is 3. The van der Waals surface area contributed by atoms with Crippen LogP contribution >= 0.6 is 10.5 Å². The van der Waals surface area contributed by atoms with E-state index < -0.39 is 0 Å². The van der Waals surface area contributed by atoms with Gasteiger partial charge in [0.05, 0.1) is 0 Å². The van der Waals surface area contributed by atoms with Crippen molar-refractivity contribution in [3.63, 3.8) is 0 Å². The topological polar surface area (TPSA) is 0 Å². The third kappa shape index (κ3) is 1.67. The number of rotatable bonds is 1. The van der Waals surface area contributed by atoms with Crippen LogP contribution in [0.1, 0.15) is 5.56 Å². The second-order valence-corrected chi connectivity index (χ2v) is 7.07. The van der Waals surface area contributed by atoms with Gasteiger partial charge in [0.15, 0.2) is 14.3 Å². The first-order chi connectivity index (χ1) is 9.84. The van der Waals surface area contributed by atoms with E-state index >= 15 is 0 Å². The lowest BCUT2D eigenvalue weighted by Gasteiger charge is -1.94. The minimum Gasteiger partial charge on any atom is -0.0612 e. The van der Waals surface area contributed by atoms with Crippen molar-refractivity contribution in [2.45, 2.75) is 6.92 Å². The Labute approximate surface area is 121 Å². The summed E-state index contributed by atoms with van der Waals surface area (Å²) < 4.78 is 2.91. The Kier molecular flexibility index (Phi) is 2.61. The number of benzene rings is 3. The number of hydrogen-bond acceptors (Lipinski definition) is 0. The van der Waals surface area contributed by atoms with Crippen LogP contribution in [0.2, 0.25) is 0 Å². The quantitative estimate of drug-likeness (QED) is 0.371. The Morgan fingerprint density at radius 3 is 1.65 bits per heavy atom. The summed E-state index contributed by atoms with van der Waals surface area (Å²) in [6.45, 7) is 2.14. The molecule has 20 heavy (non-hydrogen) atoms. The van der Waals surface area contributed by atoms with Gasteiger partial charge >= 0.3 is 0 Å². The minimum absolute atomic E-state index is 0.0512. The minimum atomic E-state index is 0.0512. The van der Waals surface area contributed by atoms with Crippen LogP contribution in [0.5, 0.6) is 0 Å². The van der Waals surface area contributed by atoms with Gasteiger partial charge in [-0.2, -0.15) is 0 Å². The van der Waals surface area contributed by atoms with Crippen LogP contribution < -0.4 is 0 Å². The molecule has 0 bridgehead atoms. The lowest BCUT2D eigenvalue weighted by molar-refractivity contribution is 1.49. The first-order valence-corrected chi connectivity index (χ1v) is 8.06. The monoisotopic (exact) mass is 275 g/mol. The Bertz CT molecular complexity index is 845. The highest BCUT2D eigenvalue weighted by Gasteiger charge is 2.22. The molecule has 0 saturated carbocycles. The van der Waals surface area contributed by atoms with Gasteiger partial charge < -0.3 is 0 Å². The standard InChI is InChI=1S/C19H15S/c1-14-10-12-15(13-11-14)20-18-8-4-2-6-16(18)17-7-3-5-9-19(17)20/h2-13H,1H3/q+1. The highest BCUT2D eigenvalue weighted by Crippen LogP contribution is 2.47. The van der Waals surface area contributed by atoms with Crippen molar-refractivity contribution in [3.05, 3.63) is 78.4 Å². The molecule has 4 rings (SSSR count). The molecule has 96 valence electrons. The van der Waals surface area contributed by atoms with E-state index in [1.165, 1.54) is 30.6 Å². The van der Waals surface area contributed by atoms with Gasteiger partial charge in [0, 0.05) is 21.2 Å². The molecule has 0 nitrogen and oxygen atoms in total. The van der Waals surface area contributed by atoms with Crippen LogP contribution in [-0.2, 0) is 0 Å². The van der Waals surface area contributed by atoms with Gasteiger partial charge in [-0.3, -0.25) is 0 Å². The molecule has 1 heteroatoms. The average Bonchev–Trinajstić information content (AvgIpc) is 2.83. The van der Waals surface area contributed by atoms with Crippen molar-refractivity contribution >= 4 is 30.6 Å². The van der Waals surface area contributed by atoms with Crippen LogP contribution in [0, 0.1) is 6.92 Å². The lowest BCUT2D eigenvalue weighted by atomic mass is 10.2. The van der Waals surface area contributed by atoms with Crippen molar-refractivity contribution < 1.29 is 0 Å². The molecule has 0 spiro atoms. The van der Waals surface area contributed by atoms with E-state index in [1.807, 2.05) is 0 Å². The summed E-state index contributed by atoms with van der Waals surface area (Å²) in [4.78, 5) is 1.41. The van der Waals surface area contributed by atoms with Gasteiger partial charge in [0.1, 0.15) is 0 Å². The van der Waals surface area contributed by atoms with Crippen molar-refractivity contribution in [2.75, 3.05) is 0 Å². The molecule has 0 aliphatic rings. The number of hydrogen-bond donors (Lipinski definition) is 0. The lowest BCUT2D eigenvalue weighted by Crippen LogP contribution is -1.72. The highest BCUT2D eigenvalue weighted by molar-refractivity contribution is 7.50. The van der Waals surface area contributed by atoms with Crippen LogP contribution in [0.25, 0.3) is 25.1 Å². The summed E-state index contributed by atoms with van der Waals surface area (Å²) >= 11 is 0. The molecule has 4 aromatic rings. The van der Waals surface area contributed by atoms with Crippen molar-refractivity contribution in [2.24, 2.45) is 0 Å². The summed E-state index contributed by atoms with van der Waals surface area (Å²) in [5.74, 6) is 0. The molecule has 0 aliphatic heterocycles. The molecule has 3 aromatic carbocycles. The van der Waals surface area contributed by atoms with E-state index in [0.717, 1.165) is 0 Å². The van der Waals surface area contributed by atoms with E-state index in [1.54, 1.807) is 0 Å². The summed E-state index contributed by atoms with van der Waals surface area (Å²) in [6.07, 6.45) is 0. The highest BCUT2D eigenvalue weighted by atomic mass is 32.2. The first-order valence-electron chi connectivity index (χ1n) is 6.84. The molecular weight excluding hydrogens is 260 g/mol. The zero-order valence-corrected chi connectivity index (χ0v) is 12.2. The SMILES string of the molecule is Cc1ccc(-[s+]2c3ccccc3c3ccccc32)cc1. The van der Waals surface area contributed by atoms with E-state index in [9.17, 15) is 0 Å². The van der Waals surface area contributed by atoms with Gasteiger partial charge in [-0.05, 0) is 43.3 Å². The van der Waals surface area contributed by atoms with E-state index in [2.05, 4.69) is 79.7 Å². The molecule has 0 aliphatic carbocycles. The maximum absolute atomic E-state index is 2.28. The molecular formula is C19H15S+. The zero-order chi connectivity index (χ0) is 13.5. The van der Waals surface area contributed by atoms with Crippen LogP contribution in [0.3, 0.4) is 0 Å². The van der Waals surface area contributed by atoms with Crippen molar-refractivity contribution in [1.82, 2.24) is 0 Å². The maximum atomic E-state index is 2.28. The van der Waals surface area contributed by atoms with Gasteiger partial charge in [0.2, 0.25) is 0 Å². The van der Waals surface area contributed by atoms with E-state index in [-0.39, 0.29) is 10.5 Å². The molecule has 1 aromatic heterocycles. The van der Waals surface area contributed by atoms with Crippen LogP contribution in [0.4, 0.5) is 0 Å². The summed E-state index contributed by atoms with van der Waals surface area (Å²) in [5.41, 5.74) is 1.32. The summed E-state index contributed by atoms with van der Waals surface area (Å²) in [5, 5.41) is 2.79. The Hall–Kier alpha value is -2.12. The van der Waals surface area contributed by atoms with E-state index in [4.69, 9.17) is 0 Å². The molecule has 0 fully saturated rings. The second kappa shape index (κ2) is 4.46. The predicted octanol–water partition coefficient (Wildman–Crippen LogP) is 6.04. The maximum Gasteiger partial charge on any atom is 0.187 e. The summed E-state index contributed by atoms with van der Waals surface area (Å²) in [6, 6.07) is 26.6. The average molecular weight is 275 g/mol. The molecule has 0 radical (unpaired) electrons. The van der Waals surface area contributed by atoms with Crippen molar-refractivity contribution in [3.8, 4) is 4.90 Å². The molecule has 0 N–H and O–H groups in total. The molecule has 0 atom stereocenters. The normalized spacial score (nSPS) is 11.2. The van der Waals surface area contributed by atoms with Gasteiger partial charge in [-0.25, -0.2) is 0 Å². The smallest absolute Gasteiger partial charge is 0.0612 e. The van der Waals surface area contributed by atoms with E-state index in [0.29, 0.717) is 0 Å². The van der Waals surface area contributed by atoms with Gasteiger partial charge in [0.25, 0.3) is 0 Å². The molecule has 0 amide bonds. The number of aryl methyl sites for hydroxylation is 1. The van der Waals surface area contributed by atoms with Crippen molar-refractivity contribution in [1.29, 1.82) is 0 Å². The zero-order valence-electron chi connectivity index (χ0n) is 11.3. The third-order valence-electron chi connectivity index (χ3n) is 3.76. The fourth-order valence-electron chi connectivity index (χ4n) is 2.78. The van der Waals surface area contributed by atoms with Crippen LogP contribution in [-0.4, -0.2) is 0 Å². The fraction of sp³-hybridized carbons (Fsp3) is 0.0526. The molecule has 1 heterocycles. The number of thiophene rings is 1. The Balaban J connectivity index is 2.17. The molecule has 0 unspecified atom stereocenters. The van der Waals surface area contributed by atoms with Crippen LogP contribution in [0.15, 0.2) is 72.8 Å². The summed E-state index contributed by atoms with van der Waals surface area (Å²) in [7, 11) is 0.0512. The fourth-order valence-corrected chi connectivity index (χ4v) is 5.16. The predicted molar refractivity (Wildman–Crippen MR) is 90.0 cm³/mol. The van der Waals surface area contributed by atoms with Gasteiger partial charge in [-0.1, -0.05) is 42.0 Å². The first kappa shape index (κ1) is 11.7. The largest absolute Gasteiger partial charge is 0.187 e. The second-order valence-electron chi connectivity index (χ2n) is 5.11. The Morgan fingerprint density at radius 2 is 1.10 bits per heavy atom. The third-order valence-corrected chi connectivity index (χ3v) is 6.10. The Morgan fingerprint density at radius 1 is 0.600 bits per heavy atom. The van der Waals surface area contributed by atoms with Gasteiger partial charge in [-0.15, -0.1) is 0 Å².